The minimum Gasteiger partial charge on any atom is -0.370 e. The fourth-order valence-electron chi connectivity index (χ4n) is 2.18. The summed E-state index contributed by atoms with van der Waals surface area (Å²) in [5, 5.41) is 3.38. The van der Waals surface area contributed by atoms with Crippen LogP contribution in [0.4, 0.5) is 5.82 Å². The first-order chi connectivity index (χ1) is 7.24. The number of nitrogens with one attached hydrogen (secondary N) is 1. The maximum absolute atomic E-state index is 5.87. The van der Waals surface area contributed by atoms with Crippen LogP contribution in [0.25, 0.3) is 0 Å². The number of anilines is 1. The van der Waals surface area contributed by atoms with Gasteiger partial charge in [-0.3, -0.25) is 0 Å². The Morgan fingerprint density at radius 3 is 3.07 bits per heavy atom. The molecule has 1 fully saturated rings. The van der Waals surface area contributed by atoms with Crippen molar-refractivity contribution in [2.75, 3.05) is 11.9 Å². The Morgan fingerprint density at radius 1 is 1.53 bits per heavy atom. The number of rotatable bonds is 3. The Balaban J connectivity index is 1.83. The third kappa shape index (κ3) is 2.93. The summed E-state index contributed by atoms with van der Waals surface area (Å²) in [6, 6.07) is 4.51. The molecule has 3 nitrogen and oxygen atoms in total. The van der Waals surface area contributed by atoms with Crippen molar-refractivity contribution >= 4 is 5.82 Å². The number of aromatic nitrogens is 1. The minimum atomic E-state index is 0.419. The van der Waals surface area contributed by atoms with Crippen molar-refractivity contribution in [1.82, 2.24) is 4.98 Å². The van der Waals surface area contributed by atoms with Crippen LogP contribution in [0.5, 0.6) is 0 Å². The van der Waals surface area contributed by atoms with E-state index in [2.05, 4.69) is 23.3 Å². The van der Waals surface area contributed by atoms with Crippen LogP contribution in [0.2, 0.25) is 0 Å². The zero-order valence-corrected chi connectivity index (χ0v) is 9.24. The molecular formula is C12H19N3. The van der Waals surface area contributed by atoms with Gasteiger partial charge in [-0.15, -0.1) is 0 Å². The third-order valence-electron chi connectivity index (χ3n) is 3.07. The normalized spacial score (nSPS) is 25.5. The SMILES string of the molecule is Cc1ccnc(NCC2CCC(N)C2)c1. The van der Waals surface area contributed by atoms with Crippen LogP contribution in [-0.2, 0) is 0 Å². The first kappa shape index (κ1) is 10.4. The van der Waals surface area contributed by atoms with E-state index < -0.39 is 0 Å². The number of nitrogens with zero attached hydrogens (tertiary/aromatic N) is 1. The largest absolute Gasteiger partial charge is 0.370 e. The van der Waals surface area contributed by atoms with Crippen LogP contribution >= 0.6 is 0 Å². The number of hydrogen-bond donors (Lipinski definition) is 2. The van der Waals surface area contributed by atoms with Crippen molar-refractivity contribution in [2.45, 2.75) is 32.2 Å². The lowest BCUT2D eigenvalue weighted by Crippen LogP contribution is -2.18. The van der Waals surface area contributed by atoms with Gasteiger partial charge in [0, 0.05) is 18.8 Å². The second kappa shape index (κ2) is 4.62. The monoisotopic (exact) mass is 205 g/mol. The summed E-state index contributed by atoms with van der Waals surface area (Å²) in [7, 11) is 0. The molecule has 0 aromatic carbocycles. The zero-order chi connectivity index (χ0) is 10.7. The molecular weight excluding hydrogens is 186 g/mol. The van der Waals surface area contributed by atoms with Gasteiger partial charge in [0.2, 0.25) is 0 Å². The second-order valence-corrected chi connectivity index (χ2v) is 4.54. The Kier molecular flexibility index (Phi) is 3.21. The minimum absolute atomic E-state index is 0.419. The average Bonchev–Trinajstić information content (AvgIpc) is 2.62. The topological polar surface area (TPSA) is 50.9 Å². The van der Waals surface area contributed by atoms with Gasteiger partial charge in [-0.2, -0.15) is 0 Å². The Labute approximate surface area is 91.1 Å². The van der Waals surface area contributed by atoms with Gasteiger partial charge in [0.1, 0.15) is 5.82 Å². The second-order valence-electron chi connectivity index (χ2n) is 4.54. The van der Waals surface area contributed by atoms with Crippen molar-refractivity contribution in [3.8, 4) is 0 Å². The van der Waals surface area contributed by atoms with Crippen LogP contribution in [0, 0.1) is 12.8 Å². The maximum atomic E-state index is 5.87. The molecule has 0 saturated heterocycles. The standard InChI is InChI=1S/C12H19N3/c1-9-4-5-14-12(6-9)15-8-10-2-3-11(13)7-10/h4-6,10-11H,2-3,7-8,13H2,1H3,(H,14,15). The van der Waals surface area contributed by atoms with Crippen molar-refractivity contribution in [3.05, 3.63) is 23.9 Å². The summed E-state index contributed by atoms with van der Waals surface area (Å²) < 4.78 is 0. The van der Waals surface area contributed by atoms with Gasteiger partial charge < -0.3 is 11.1 Å². The lowest BCUT2D eigenvalue weighted by Gasteiger charge is -2.11. The van der Waals surface area contributed by atoms with E-state index in [1.807, 2.05) is 12.3 Å². The first-order valence-electron chi connectivity index (χ1n) is 5.66. The molecule has 82 valence electrons. The van der Waals surface area contributed by atoms with Gasteiger partial charge in [-0.05, 0) is 49.8 Å². The van der Waals surface area contributed by atoms with Gasteiger partial charge in [0.15, 0.2) is 0 Å². The van der Waals surface area contributed by atoms with Crippen LogP contribution < -0.4 is 11.1 Å². The molecule has 1 aliphatic rings. The molecule has 1 aliphatic carbocycles. The summed E-state index contributed by atoms with van der Waals surface area (Å²) in [5.41, 5.74) is 7.12. The van der Waals surface area contributed by atoms with Gasteiger partial charge in [0.25, 0.3) is 0 Å². The van der Waals surface area contributed by atoms with E-state index >= 15 is 0 Å². The highest BCUT2D eigenvalue weighted by atomic mass is 15.0. The fourth-order valence-corrected chi connectivity index (χ4v) is 2.18. The van der Waals surface area contributed by atoms with E-state index in [1.54, 1.807) is 0 Å². The molecule has 0 aliphatic heterocycles. The van der Waals surface area contributed by atoms with Gasteiger partial charge >= 0.3 is 0 Å². The first-order valence-corrected chi connectivity index (χ1v) is 5.66. The van der Waals surface area contributed by atoms with Crippen molar-refractivity contribution in [2.24, 2.45) is 11.7 Å². The quantitative estimate of drug-likeness (QED) is 0.792. The number of hydrogen-bond acceptors (Lipinski definition) is 3. The number of pyridine rings is 1. The van der Waals surface area contributed by atoms with Gasteiger partial charge in [-0.1, -0.05) is 0 Å². The molecule has 0 bridgehead atoms. The molecule has 1 saturated carbocycles. The van der Waals surface area contributed by atoms with Crippen molar-refractivity contribution < 1.29 is 0 Å². The van der Waals surface area contributed by atoms with E-state index in [0.717, 1.165) is 24.7 Å². The highest BCUT2D eigenvalue weighted by Crippen LogP contribution is 2.24. The summed E-state index contributed by atoms with van der Waals surface area (Å²) in [4.78, 5) is 4.28. The summed E-state index contributed by atoms with van der Waals surface area (Å²) in [6.45, 7) is 3.09. The highest BCUT2D eigenvalue weighted by molar-refractivity contribution is 5.36. The van der Waals surface area contributed by atoms with E-state index in [1.165, 1.54) is 18.4 Å². The Hall–Kier alpha value is -1.09. The van der Waals surface area contributed by atoms with E-state index in [9.17, 15) is 0 Å². The molecule has 1 aromatic heterocycles. The predicted octanol–water partition coefficient (Wildman–Crippen LogP) is 1.93. The summed E-state index contributed by atoms with van der Waals surface area (Å²) in [5.74, 6) is 1.71. The Morgan fingerprint density at radius 2 is 2.40 bits per heavy atom. The van der Waals surface area contributed by atoms with E-state index in [-0.39, 0.29) is 0 Å². The zero-order valence-electron chi connectivity index (χ0n) is 9.24. The molecule has 3 N–H and O–H groups in total. The van der Waals surface area contributed by atoms with Crippen LogP contribution in [0.3, 0.4) is 0 Å². The number of nitrogens with two attached hydrogens (primary N) is 1. The molecule has 0 radical (unpaired) electrons. The average molecular weight is 205 g/mol. The molecule has 2 rings (SSSR count). The molecule has 3 heteroatoms. The number of aryl methyl sites for hydroxylation is 1. The maximum Gasteiger partial charge on any atom is 0.126 e. The molecule has 2 atom stereocenters. The van der Waals surface area contributed by atoms with E-state index in [4.69, 9.17) is 5.73 Å². The molecule has 1 heterocycles. The lowest BCUT2D eigenvalue weighted by atomic mass is 10.1. The smallest absolute Gasteiger partial charge is 0.126 e. The predicted molar refractivity (Wildman–Crippen MR) is 62.8 cm³/mol. The molecule has 0 spiro atoms. The highest BCUT2D eigenvalue weighted by Gasteiger charge is 2.21. The van der Waals surface area contributed by atoms with E-state index in [0.29, 0.717) is 6.04 Å². The van der Waals surface area contributed by atoms with Crippen LogP contribution in [-0.4, -0.2) is 17.6 Å². The summed E-state index contributed by atoms with van der Waals surface area (Å²) in [6.07, 6.45) is 5.42. The van der Waals surface area contributed by atoms with Crippen molar-refractivity contribution in [3.63, 3.8) is 0 Å². The van der Waals surface area contributed by atoms with Crippen LogP contribution in [0.1, 0.15) is 24.8 Å². The molecule has 15 heavy (non-hydrogen) atoms. The van der Waals surface area contributed by atoms with Gasteiger partial charge in [-0.25, -0.2) is 4.98 Å². The molecule has 2 unspecified atom stereocenters. The third-order valence-corrected chi connectivity index (χ3v) is 3.07. The lowest BCUT2D eigenvalue weighted by molar-refractivity contribution is 0.565. The van der Waals surface area contributed by atoms with Crippen molar-refractivity contribution in [1.29, 1.82) is 0 Å². The molecule has 0 amide bonds. The van der Waals surface area contributed by atoms with Crippen LogP contribution in [0.15, 0.2) is 18.3 Å². The Bertz CT molecular complexity index is 324. The fraction of sp³-hybridized carbons (Fsp3) is 0.583. The van der Waals surface area contributed by atoms with Gasteiger partial charge in [0.05, 0.1) is 0 Å². The summed E-state index contributed by atoms with van der Waals surface area (Å²) >= 11 is 0. The molecule has 1 aromatic rings.